The molecule has 0 aliphatic heterocycles. The summed E-state index contributed by atoms with van der Waals surface area (Å²) in [4.78, 5) is 0. The highest BCUT2D eigenvalue weighted by Gasteiger charge is 2.11. The van der Waals surface area contributed by atoms with Crippen molar-refractivity contribution < 1.29 is 8.78 Å². The van der Waals surface area contributed by atoms with Crippen molar-refractivity contribution in [2.45, 2.75) is 19.8 Å². The van der Waals surface area contributed by atoms with E-state index in [1.807, 2.05) is 0 Å². The molecule has 1 atom stereocenters. The lowest BCUT2D eigenvalue weighted by Gasteiger charge is -2.03. The summed E-state index contributed by atoms with van der Waals surface area (Å²) in [5.74, 6) is -0.660. The molecule has 0 aliphatic carbocycles. The van der Waals surface area contributed by atoms with Crippen LogP contribution in [0.5, 0.6) is 0 Å². The van der Waals surface area contributed by atoms with Crippen molar-refractivity contribution in [2.24, 2.45) is 5.92 Å². The van der Waals surface area contributed by atoms with Gasteiger partial charge in [0.1, 0.15) is 0 Å². The molecule has 0 heterocycles. The molecule has 0 rings (SSSR count). The molecule has 0 amide bonds. The van der Waals surface area contributed by atoms with Crippen LogP contribution in [0.15, 0.2) is 0 Å². The van der Waals surface area contributed by atoms with E-state index in [2.05, 4.69) is 0 Å². The van der Waals surface area contributed by atoms with Crippen LogP contribution >= 0.6 is 0 Å². The first-order valence-electron chi connectivity index (χ1n) is 2.45. The van der Waals surface area contributed by atoms with Gasteiger partial charge in [-0.3, -0.25) is 0 Å². The molecule has 0 radical (unpaired) electrons. The minimum absolute atomic E-state index is 0.178. The minimum Gasteiger partial charge on any atom is -0.313 e. The Balaban J connectivity index is 3.30. The van der Waals surface area contributed by atoms with Crippen molar-refractivity contribution in [3.05, 3.63) is 0 Å². The van der Waals surface area contributed by atoms with E-state index in [-0.39, 0.29) is 6.42 Å². The summed E-state index contributed by atoms with van der Waals surface area (Å²) in [6.45, 7) is 1.43. The molecule has 0 saturated carbocycles. The Morgan fingerprint density at radius 2 is 2.12 bits per heavy atom. The van der Waals surface area contributed by atoms with Gasteiger partial charge in [-0.1, -0.05) is 6.92 Å². The van der Waals surface area contributed by atoms with E-state index in [1.54, 1.807) is 0 Å². The van der Waals surface area contributed by atoms with Crippen molar-refractivity contribution in [3.8, 4) is 0 Å². The highest BCUT2D eigenvalue weighted by Crippen LogP contribution is 2.10. The van der Waals surface area contributed by atoms with Crippen LogP contribution in [0.2, 0.25) is 0 Å². The maximum absolute atomic E-state index is 11.5. The fourth-order valence-electron chi connectivity index (χ4n) is 0.289. The molecule has 0 aliphatic rings. The van der Waals surface area contributed by atoms with E-state index < -0.39 is 12.3 Å². The van der Waals surface area contributed by atoms with Crippen molar-refractivity contribution >= 4 is 6.21 Å². The first-order chi connectivity index (χ1) is 3.68. The normalized spacial score (nSPS) is 14.0. The van der Waals surface area contributed by atoms with Gasteiger partial charge < -0.3 is 5.41 Å². The van der Waals surface area contributed by atoms with Crippen molar-refractivity contribution in [3.63, 3.8) is 0 Å². The predicted octanol–water partition coefficient (Wildman–Crippen LogP) is 1.93. The minimum atomic E-state index is -2.28. The quantitative estimate of drug-likeness (QED) is 0.551. The van der Waals surface area contributed by atoms with Gasteiger partial charge in [-0.15, -0.1) is 0 Å². The lowest BCUT2D eigenvalue weighted by molar-refractivity contribution is 0.0904. The van der Waals surface area contributed by atoms with Crippen LogP contribution in [-0.2, 0) is 0 Å². The summed E-state index contributed by atoms with van der Waals surface area (Å²) in [6.07, 6.45) is -1.09. The highest BCUT2D eigenvalue weighted by molar-refractivity contribution is 5.53. The summed E-state index contributed by atoms with van der Waals surface area (Å²) in [6, 6.07) is 0. The molecule has 1 unspecified atom stereocenters. The van der Waals surface area contributed by atoms with Gasteiger partial charge in [0.15, 0.2) is 0 Å². The number of halogens is 2. The molecule has 3 heteroatoms. The van der Waals surface area contributed by atoms with E-state index in [0.29, 0.717) is 0 Å². The van der Waals surface area contributed by atoms with E-state index in [9.17, 15) is 8.78 Å². The number of nitrogens with one attached hydrogen (secondary N) is 1. The maximum Gasteiger partial charge on any atom is 0.241 e. The summed E-state index contributed by atoms with van der Waals surface area (Å²) in [5, 5.41) is 6.47. The van der Waals surface area contributed by atoms with E-state index in [0.717, 1.165) is 6.21 Å². The van der Waals surface area contributed by atoms with Gasteiger partial charge in [0.2, 0.25) is 6.43 Å². The lowest BCUT2D eigenvalue weighted by atomic mass is 10.1. The monoisotopic (exact) mass is 121 g/mol. The topological polar surface area (TPSA) is 23.9 Å². The third-order valence-corrected chi connectivity index (χ3v) is 0.920. The number of alkyl halides is 2. The molecule has 0 bridgehead atoms. The van der Waals surface area contributed by atoms with Gasteiger partial charge in [0.05, 0.1) is 0 Å². The molecule has 0 aromatic rings. The Kier molecular flexibility index (Phi) is 3.31. The zero-order chi connectivity index (χ0) is 6.57. The lowest BCUT2D eigenvalue weighted by Crippen LogP contribution is -2.06. The molecule has 0 spiro atoms. The van der Waals surface area contributed by atoms with Crippen LogP contribution in [0.3, 0.4) is 0 Å². The zero-order valence-electron chi connectivity index (χ0n) is 4.70. The van der Waals surface area contributed by atoms with E-state index >= 15 is 0 Å². The second-order valence-electron chi connectivity index (χ2n) is 1.75. The van der Waals surface area contributed by atoms with Crippen LogP contribution < -0.4 is 0 Å². The molecule has 8 heavy (non-hydrogen) atoms. The number of rotatable bonds is 3. The van der Waals surface area contributed by atoms with E-state index in [4.69, 9.17) is 5.41 Å². The molecule has 0 saturated heterocycles. The van der Waals surface area contributed by atoms with Crippen molar-refractivity contribution in [1.82, 2.24) is 0 Å². The van der Waals surface area contributed by atoms with Gasteiger partial charge >= 0.3 is 0 Å². The first-order valence-corrected chi connectivity index (χ1v) is 2.45. The summed E-state index contributed by atoms with van der Waals surface area (Å²) in [7, 11) is 0. The molecular formula is C5H9F2N. The Bertz CT molecular complexity index is 72.8. The average Bonchev–Trinajstić information content (AvgIpc) is 1.67. The fraction of sp³-hybridized carbons (Fsp3) is 0.800. The molecule has 0 fully saturated rings. The Morgan fingerprint density at radius 3 is 2.25 bits per heavy atom. The molecular weight excluding hydrogens is 112 g/mol. The molecule has 1 N–H and O–H groups in total. The second-order valence-corrected chi connectivity index (χ2v) is 1.75. The zero-order valence-corrected chi connectivity index (χ0v) is 4.70. The van der Waals surface area contributed by atoms with Crippen LogP contribution in [0.4, 0.5) is 8.78 Å². The van der Waals surface area contributed by atoms with Crippen LogP contribution in [-0.4, -0.2) is 12.6 Å². The number of hydrogen-bond acceptors (Lipinski definition) is 1. The SMILES string of the molecule is CC(CC=N)C(F)F. The van der Waals surface area contributed by atoms with Crippen molar-refractivity contribution in [1.29, 1.82) is 5.41 Å². The largest absolute Gasteiger partial charge is 0.313 e. The number of hydrogen-bond donors (Lipinski definition) is 1. The Labute approximate surface area is 47.2 Å². The summed E-state index contributed by atoms with van der Waals surface area (Å²) in [5.41, 5.74) is 0. The first kappa shape index (κ1) is 7.53. The molecule has 48 valence electrons. The van der Waals surface area contributed by atoms with Crippen LogP contribution in [0.25, 0.3) is 0 Å². The second kappa shape index (κ2) is 3.52. The van der Waals surface area contributed by atoms with Gasteiger partial charge in [0.25, 0.3) is 0 Å². The van der Waals surface area contributed by atoms with Crippen molar-refractivity contribution in [2.75, 3.05) is 0 Å². The Hall–Kier alpha value is -0.470. The highest BCUT2D eigenvalue weighted by atomic mass is 19.3. The standard InChI is InChI=1S/C5H9F2N/c1-4(2-3-8)5(6)7/h3-5,8H,2H2,1H3. The van der Waals surface area contributed by atoms with Gasteiger partial charge in [-0.05, 0) is 12.6 Å². The third kappa shape index (κ3) is 2.66. The van der Waals surface area contributed by atoms with Gasteiger partial charge in [-0.2, -0.15) is 0 Å². The molecule has 0 aromatic heterocycles. The van der Waals surface area contributed by atoms with Gasteiger partial charge in [0, 0.05) is 5.92 Å². The molecule has 1 nitrogen and oxygen atoms in total. The van der Waals surface area contributed by atoms with E-state index in [1.165, 1.54) is 6.92 Å². The smallest absolute Gasteiger partial charge is 0.241 e. The maximum atomic E-state index is 11.5. The fourth-order valence-corrected chi connectivity index (χ4v) is 0.289. The average molecular weight is 121 g/mol. The van der Waals surface area contributed by atoms with Crippen LogP contribution in [0, 0.1) is 11.3 Å². The van der Waals surface area contributed by atoms with Gasteiger partial charge in [-0.25, -0.2) is 8.78 Å². The molecule has 0 aromatic carbocycles. The summed E-state index contributed by atoms with van der Waals surface area (Å²) >= 11 is 0. The predicted molar refractivity (Wildman–Crippen MR) is 28.6 cm³/mol. The van der Waals surface area contributed by atoms with Crippen LogP contribution in [0.1, 0.15) is 13.3 Å². The Morgan fingerprint density at radius 1 is 1.62 bits per heavy atom. The third-order valence-electron chi connectivity index (χ3n) is 0.920. The summed E-state index contributed by atoms with van der Waals surface area (Å²) < 4.78 is 23.0.